The predicted molar refractivity (Wildman–Crippen MR) is 79.7 cm³/mol. The first-order valence-electron chi connectivity index (χ1n) is 6.30. The van der Waals surface area contributed by atoms with Gasteiger partial charge in [0.15, 0.2) is 0 Å². The number of hydrogen-bond donors (Lipinski definition) is 1. The fourth-order valence-electron chi connectivity index (χ4n) is 2.11. The molecule has 0 amide bonds. The summed E-state index contributed by atoms with van der Waals surface area (Å²) < 4.78 is 3.17. The van der Waals surface area contributed by atoms with Crippen LogP contribution < -0.4 is 5.32 Å². The maximum atomic E-state index is 4.47. The summed E-state index contributed by atoms with van der Waals surface area (Å²) in [6.07, 6.45) is 1.89. The summed E-state index contributed by atoms with van der Waals surface area (Å²) in [5.41, 5.74) is 1.37. The average molecular weight is 317 g/mol. The highest BCUT2D eigenvalue weighted by Crippen LogP contribution is 2.35. The SMILES string of the molecule is CNC(c1c(Br)cnn1CCN(C)C)C(C)(C)C. The summed E-state index contributed by atoms with van der Waals surface area (Å²) >= 11 is 3.62. The Hall–Kier alpha value is -0.390. The van der Waals surface area contributed by atoms with Gasteiger partial charge in [-0.15, -0.1) is 0 Å². The highest BCUT2D eigenvalue weighted by atomic mass is 79.9. The first-order chi connectivity index (χ1) is 8.27. The van der Waals surface area contributed by atoms with Crippen molar-refractivity contribution in [2.75, 3.05) is 27.7 Å². The Morgan fingerprint density at radius 2 is 2.06 bits per heavy atom. The number of halogens is 1. The van der Waals surface area contributed by atoms with Gasteiger partial charge in [0.2, 0.25) is 0 Å². The van der Waals surface area contributed by atoms with E-state index in [1.54, 1.807) is 0 Å². The monoisotopic (exact) mass is 316 g/mol. The largest absolute Gasteiger partial charge is 0.311 e. The van der Waals surface area contributed by atoms with E-state index in [1.165, 1.54) is 5.69 Å². The number of nitrogens with one attached hydrogen (secondary N) is 1. The molecular formula is C13H25BrN4. The second-order valence-corrected chi connectivity index (χ2v) is 6.85. The first kappa shape index (κ1) is 15.7. The molecule has 104 valence electrons. The lowest BCUT2D eigenvalue weighted by Gasteiger charge is -2.31. The molecule has 1 rings (SSSR count). The summed E-state index contributed by atoms with van der Waals surface area (Å²) in [4.78, 5) is 2.17. The molecule has 0 bridgehead atoms. The third-order valence-corrected chi connectivity index (χ3v) is 3.63. The van der Waals surface area contributed by atoms with Gasteiger partial charge in [0.25, 0.3) is 0 Å². The molecule has 0 spiro atoms. The fourth-order valence-corrected chi connectivity index (χ4v) is 2.64. The smallest absolute Gasteiger partial charge is 0.0701 e. The van der Waals surface area contributed by atoms with Gasteiger partial charge in [0.05, 0.1) is 29.0 Å². The molecule has 0 aromatic carbocycles. The Bertz CT molecular complexity index is 379. The van der Waals surface area contributed by atoms with Gasteiger partial charge in [-0.1, -0.05) is 20.8 Å². The fraction of sp³-hybridized carbons (Fsp3) is 0.769. The van der Waals surface area contributed by atoms with Crippen LogP contribution in [0.4, 0.5) is 0 Å². The Balaban J connectivity index is 3.02. The molecule has 0 aliphatic rings. The minimum absolute atomic E-state index is 0.146. The molecule has 1 heterocycles. The van der Waals surface area contributed by atoms with Gasteiger partial charge in [0.1, 0.15) is 0 Å². The third kappa shape index (κ3) is 3.80. The van der Waals surface area contributed by atoms with Crippen molar-refractivity contribution in [2.45, 2.75) is 33.4 Å². The summed E-state index contributed by atoms with van der Waals surface area (Å²) in [6, 6.07) is 0.275. The van der Waals surface area contributed by atoms with Crippen LogP contribution in [0.2, 0.25) is 0 Å². The van der Waals surface area contributed by atoms with Crippen LogP contribution >= 0.6 is 15.9 Å². The summed E-state index contributed by atoms with van der Waals surface area (Å²) in [7, 11) is 6.17. The first-order valence-corrected chi connectivity index (χ1v) is 7.10. The molecule has 0 radical (unpaired) electrons. The van der Waals surface area contributed by atoms with Crippen LogP contribution in [0.15, 0.2) is 10.7 Å². The second kappa shape index (κ2) is 6.17. The lowest BCUT2D eigenvalue weighted by atomic mass is 9.85. The van der Waals surface area contributed by atoms with Crippen molar-refractivity contribution in [3.8, 4) is 0 Å². The van der Waals surface area contributed by atoms with Crippen LogP contribution in [0.5, 0.6) is 0 Å². The maximum Gasteiger partial charge on any atom is 0.0701 e. The van der Waals surface area contributed by atoms with Crippen LogP contribution in [0.25, 0.3) is 0 Å². The van der Waals surface area contributed by atoms with Gasteiger partial charge in [-0.2, -0.15) is 5.10 Å². The van der Waals surface area contributed by atoms with Gasteiger partial charge in [-0.25, -0.2) is 0 Å². The molecule has 0 fully saturated rings. The summed E-state index contributed by atoms with van der Waals surface area (Å²) in [5.74, 6) is 0. The zero-order valence-electron chi connectivity index (χ0n) is 12.3. The number of hydrogen-bond acceptors (Lipinski definition) is 3. The van der Waals surface area contributed by atoms with Crippen LogP contribution in [0.3, 0.4) is 0 Å². The highest BCUT2D eigenvalue weighted by molar-refractivity contribution is 9.10. The molecule has 1 unspecified atom stereocenters. The molecule has 0 saturated heterocycles. The van der Waals surface area contributed by atoms with Crippen molar-refractivity contribution in [3.05, 3.63) is 16.4 Å². The molecule has 5 heteroatoms. The lowest BCUT2D eigenvalue weighted by molar-refractivity contribution is 0.266. The quantitative estimate of drug-likeness (QED) is 0.906. The third-order valence-electron chi connectivity index (χ3n) is 3.02. The van der Waals surface area contributed by atoms with Crippen molar-refractivity contribution in [3.63, 3.8) is 0 Å². The molecule has 1 aromatic rings. The minimum Gasteiger partial charge on any atom is -0.311 e. The molecular weight excluding hydrogens is 292 g/mol. The molecule has 0 aliphatic heterocycles. The van der Waals surface area contributed by atoms with Gasteiger partial charge in [0, 0.05) is 6.54 Å². The number of aromatic nitrogens is 2. The average Bonchev–Trinajstić information content (AvgIpc) is 2.57. The molecule has 0 aliphatic carbocycles. The maximum absolute atomic E-state index is 4.47. The second-order valence-electron chi connectivity index (χ2n) is 5.99. The normalized spacial score (nSPS) is 14.2. The highest BCUT2D eigenvalue weighted by Gasteiger charge is 2.29. The Labute approximate surface area is 119 Å². The van der Waals surface area contributed by atoms with Crippen LogP contribution in [0.1, 0.15) is 32.5 Å². The summed E-state index contributed by atoms with van der Waals surface area (Å²) in [6.45, 7) is 8.61. The minimum atomic E-state index is 0.146. The van der Waals surface area contributed by atoms with Crippen LogP contribution in [-0.4, -0.2) is 42.4 Å². The molecule has 1 aromatic heterocycles. The molecule has 18 heavy (non-hydrogen) atoms. The standard InChI is InChI=1S/C13H25BrN4/c1-13(2,3)12(15-4)11-10(14)9-16-18(11)8-7-17(5)6/h9,12,15H,7-8H2,1-6H3. The van der Waals surface area contributed by atoms with Gasteiger partial charge >= 0.3 is 0 Å². The van der Waals surface area contributed by atoms with Crippen molar-refractivity contribution >= 4 is 15.9 Å². The Morgan fingerprint density at radius 3 is 2.50 bits per heavy atom. The number of nitrogens with zero attached hydrogens (tertiary/aromatic N) is 3. The van der Waals surface area contributed by atoms with E-state index < -0.39 is 0 Å². The van der Waals surface area contributed by atoms with Gasteiger partial charge < -0.3 is 10.2 Å². The van der Waals surface area contributed by atoms with Crippen molar-refractivity contribution in [2.24, 2.45) is 5.41 Å². The van der Waals surface area contributed by atoms with E-state index in [-0.39, 0.29) is 11.5 Å². The number of rotatable bonds is 5. The zero-order valence-corrected chi connectivity index (χ0v) is 13.9. The molecule has 4 nitrogen and oxygen atoms in total. The lowest BCUT2D eigenvalue weighted by Crippen LogP contribution is -2.33. The van der Waals surface area contributed by atoms with E-state index >= 15 is 0 Å². The van der Waals surface area contributed by atoms with E-state index in [9.17, 15) is 0 Å². The predicted octanol–water partition coefficient (Wildman–Crippen LogP) is 2.51. The molecule has 0 saturated carbocycles. The number of likely N-dealkylation sites (N-methyl/N-ethyl adjacent to an activating group) is 1. The van der Waals surface area contributed by atoms with Gasteiger partial charge in [-0.3, -0.25) is 4.68 Å². The molecule has 1 atom stereocenters. The van der Waals surface area contributed by atoms with E-state index in [4.69, 9.17) is 0 Å². The van der Waals surface area contributed by atoms with E-state index in [0.717, 1.165) is 17.6 Å². The van der Waals surface area contributed by atoms with Crippen molar-refractivity contribution < 1.29 is 0 Å². The van der Waals surface area contributed by atoms with E-state index in [2.05, 4.69) is 70.8 Å². The summed E-state index contributed by atoms with van der Waals surface area (Å²) in [5, 5.41) is 7.88. The Kier molecular flexibility index (Phi) is 5.37. The van der Waals surface area contributed by atoms with Crippen molar-refractivity contribution in [1.82, 2.24) is 20.0 Å². The Morgan fingerprint density at radius 1 is 1.44 bits per heavy atom. The molecule has 1 N–H and O–H groups in total. The van der Waals surface area contributed by atoms with E-state index in [1.807, 2.05) is 13.2 Å². The van der Waals surface area contributed by atoms with Crippen LogP contribution in [-0.2, 0) is 6.54 Å². The van der Waals surface area contributed by atoms with Gasteiger partial charge in [-0.05, 0) is 42.5 Å². The topological polar surface area (TPSA) is 33.1 Å². The van der Waals surface area contributed by atoms with Crippen molar-refractivity contribution in [1.29, 1.82) is 0 Å². The zero-order chi connectivity index (χ0) is 13.9. The van der Waals surface area contributed by atoms with E-state index in [0.29, 0.717) is 0 Å². The van der Waals surface area contributed by atoms with Crippen LogP contribution in [0, 0.1) is 5.41 Å².